The molecule has 0 saturated heterocycles. The lowest BCUT2D eigenvalue weighted by atomic mass is 10.2. The van der Waals surface area contributed by atoms with Crippen molar-refractivity contribution in [2.45, 2.75) is 13.8 Å². The summed E-state index contributed by atoms with van der Waals surface area (Å²) < 4.78 is 20.7. The Bertz CT molecular complexity index is 208. The molecular formula is C9H16FNO4. The zero-order chi connectivity index (χ0) is 11.7. The fraction of sp³-hybridized carbons (Fsp3) is 0.778. The lowest BCUT2D eigenvalue weighted by Crippen LogP contribution is -2.29. The van der Waals surface area contributed by atoms with E-state index in [9.17, 15) is 14.0 Å². The van der Waals surface area contributed by atoms with Crippen LogP contribution < -0.4 is 5.32 Å². The van der Waals surface area contributed by atoms with Crippen LogP contribution in [0.25, 0.3) is 0 Å². The second-order valence-corrected chi connectivity index (χ2v) is 3.07. The van der Waals surface area contributed by atoms with Crippen LogP contribution >= 0.6 is 0 Å². The summed E-state index contributed by atoms with van der Waals surface area (Å²) in [5, 5.41) is 2.31. The van der Waals surface area contributed by atoms with Gasteiger partial charge in [0.15, 0.2) is 0 Å². The second kappa shape index (κ2) is 8.02. The SMILES string of the molecule is CC(C)C(=O)OCCNC(=O)OCCF. The molecular weight excluding hydrogens is 205 g/mol. The minimum absolute atomic E-state index is 0.0851. The fourth-order valence-corrected chi connectivity index (χ4v) is 0.654. The first kappa shape index (κ1) is 13.7. The number of amides is 1. The third kappa shape index (κ3) is 7.72. The van der Waals surface area contributed by atoms with Crippen LogP contribution in [-0.2, 0) is 14.3 Å². The molecule has 0 aliphatic heterocycles. The van der Waals surface area contributed by atoms with E-state index in [0.717, 1.165) is 0 Å². The number of hydrogen-bond donors (Lipinski definition) is 1. The summed E-state index contributed by atoms with van der Waals surface area (Å²) in [5.41, 5.74) is 0. The molecule has 0 unspecified atom stereocenters. The Morgan fingerprint density at radius 1 is 1.27 bits per heavy atom. The van der Waals surface area contributed by atoms with E-state index < -0.39 is 12.8 Å². The molecule has 0 radical (unpaired) electrons. The van der Waals surface area contributed by atoms with E-state index in [1.54, 1.807) is 13.8 Å². The van der Waals surface area contributed by atoms with Crippen molar-refractivity contribution in [2.75, 3.05) is 26.4 Å². The quantitative estimate of drug-likeness (QED) is 0.534. The number of hydrogen-bond acceptors (Lipinski definition) is 4. The number of carbonyl (C=O) groups is 2. The Balaban J connectivity index is 3.38. The van der Waals surface area contributed by atoms with Gasteiger partial charge < -0.3 is 14.8 Å². The van der Waals surface area contributed by atoms with Crippen molar-refractivity contribution in [3.8, 4) is 0 Å². The zero-order valence-electron chi connectivity index (χ0n) is 8.92. The van der Waals surface area contributed by atoms with Gasteiger partial charge in [-0.3, -0.25) is 4.79 Å². The van der Waals surface area contributed by atoms with E-state index >= 15 is 0 Å². The van der Waals surface area contributed by atoms with E-state index in [1.807, 2.05) is 0 Å². The molecule has 0 aliphatic carbocycles. The fourth-order valence-electron chi connectivity index (χ4n) is 0.654. The maximum absolute atomic E-state index is 11.6. The Morgan fingerprint density at radius 3 is 2.47 bits per heavy atom. The summed E-state index contributed by atoms with van der Waals surface area (Å²) in [7, 11) is 0. The molecule has 0 rings (SSSR count). The summed E-state index contributed by atoms with van der Waals surface area (Å²) in [6.07, 6.45) is -0.715. The highest BCUT2D eigenvalue weighted by Gasteiger charge is 2.07. The predicted octanol–water partition coefficient (Wildman–Crippen LogP) is 0.881. The molecule has 6 heteroatoms. The molecule has 0 saturated carbocycles. The smallest absolute Gasteiger partial charge is 0.407 e. The molecule has 0 aromatic heterocycles. The minimum Gasteiger partial charge on any atom is -0.464 e. The van der Waals surface area contributed by atoms with Gasteiger partial charge in [0, 0.05) is 0 Å². The standard InChI is InChI=1S/C9H16FNO4/c1-7(2)8(12)14-6-4-11-9(13)15-5-3-10/h7H,3-6H2,1-2H3,(H,11,13). The van der Waals surface area contributed by atoms with E-state index in [-0.39, 0.29) is 31.6 Å². The maximum Gasteiger partial charge on any atom is 0.407 e. The van der Waals surface area contributed by atoms with Crippen LogP contribution in [0.15, 0.2) is 0 Å². The molecule has 0 heterocycles. The number of carbonyl (C=O) groups excluding carboxylic acids is 2. The Kier molecular flexibility index (Phi) is 7.31. The van der Waals surface area contributed by atoms with E-state index in [4.69, 9.17) is 4.74 Å². The highest BCUT2D eigenvalue weighted by atomic mass is 19.1. The van der Waals surface area contributed by atoms with Crippen LogP contribution in [0.4, 0.5) is 9.18 Å². The molecule has 0 aromatic carbocycles. The van der Waals surface area contributed by atoms with Gasteiger partial charge in [0.25, 0.3) is 0 Å². The summed E-state index contributed by atoms with van der Waals surface area (Å²) in [6.45, 7) is 2.69. The monoisotopic (exact) mass is 221 g/mol. The molecule has 15 heavy (non-hydrogen) atoms. The summed E-state index contributed by atoms with van der Waals surface area (Å²) in [6, 6.07) is 0. The maximum atomic E-state index is 11.6. The Morgan fingerprint density at radius 2 is 1.93 bits per heavy atom. The van der Waals surface area contributed by atoms with Crippen molar-refractivity contribution in [1.29, 1.82) is 0 Å². The first-order chi connectivity index (χ1) is 7.07. The van der Waals surface area contributed by atoms with Crippen LogP contribution in [0.1, 0.15) is 13.8 Å². The van der Waals surface area contributed by atoms with Crippen LogP contribution in [0.2, 0.25) is 0 Å². The van der Waals surface area contributed by atoms with Crippen LogP contribution in [-0.4, -0.2) is 38.5 Å². The number of esters is 1. The van der Waals surface area contributed by atoms with Crippen molar-refractivity contribution >= 4 is 12.1 Å². The van der Waals surface area contributed by atoms with Gasteiger partial charge in [0.1, 0.15) is 19.9 Å². The number of ether oxygens (including phenoxy) is 2. The van der Waals surface area contributed by atoms with Gasteiger partial charge in [-0.1, -0.05) is 13.8 Å². The highest BCUT2D eigenvalue weighted by molar-refractivity contribution is 5.71. The third-order valence-corrected chi connectivity index (χ3v) is 1.40. The predicted molar refractivity (Wildman–Crippen MR) is 51.1 cm³/mol. The van der Waals surface area contributed by atoms with Gasteiger partial charge in [0.05, 0.1) is 12.5 Å². The second-order valence-electron chi connectivity index (χ2n) is 3.07. The average molecular weight is 221 g/mol. The minimum atomic E-state index is -0.715. The average Bonchev–Trinajstić information content (AvgIpc) is 2.20. The number of halogens is 1. The largest absolute Gasteiger partial charge is 0.464 e. The zero-order valence-corrected chi connectivity index (χ0v) is 8.92. The molecule has 0 spiro atoms. The Hall–Kier alpha value is -1.33. The van der Waals surface area contributed by atoms with Gasteiger partial charge in [-0.25, -0.2) is 9.18 Å². The van der Waals surface area contributed by atoms with Crippen molar-refractivity contribution in [2.24, 2.45) is 5.92 Å². The topological polar surface area (TPSA) is 64.6 Å². The molecule has 0 atom stereocenters. The summed E-state index contributed by atoms with van der Waals surface area (Å²) in [4.78, 5) is 21.7. The van der Waals surface area contributed by atoms with Gasteiger partial charge in [0.2, 0.25) is 0 Å². The lowest BCUT2D eigenvalue weighted by Gasteiger charge is -2.08. The van der Waals surface area contributed by atoms with Crippen molar-refractivity contribution in [3.63, 3.8) is 0 Å². The van der Waals surface area contributed by atoms with E-state index in [1.165, 1.54) is 0 Å². The molecule has 88 valence electrons. The number of rotatable bonds is 6. The Labute approximate surface area is 87.9 Å². The first-order valence-corrected chi connectivity index (χ1v) is 4.71. The normalized spacial score (nSPS) is 9.87. The number of alkyl halides is 1. The molecule has 1 amide bonds. The third-order valence-electron chi connectivity index (χ3n) is 1.40. The molecule has 0 aromatic rings. The number of alkyl carbamates (subject to hydrolysis) is 1. The summed E-state index contributed by atoms with van der Waals surface area (Å²) in [5.74, 6) is -0.516. The van der Waals surface area contributed by atoms with E-state index in [0.29, 0.717) is 0 Å². The van der Waals surface area contributed by atoms with Gasteiger partial charge in [-0.2, -0.15) is 0 Å². The summed E-state index contributed by atoms with van der Waals surface area (Å²) >= 11 is 0. The van der Waals surface area contributed by atoms with Gasteiger partial charge in [-0.15, -0.1) is 0 Å². The van der Waals surface area contributed by atoms with Crippen molar-refractivity contribution in [3.05, 3.63) is 0 Å². The molecule has 1 N–H and O–H groups in total. The van der Waals surface area contributed by atoms with Crippen LogP contribution in [0.3, 0.4) is 0 Å². The number of nitrogens with one attached hydrogen (secondary N) is 1. The van der Waals surface area contributed by atoms with Gasteiger partial charge in [-0.05, 0) is 0 Å². The van der Waals surface area contributed by atoms with Crippen molar-refractivity contribution in [1.82, 2.24) is 5.32 Å². The van der Waals surface area contributed by atoms with Gasteiger partial charge >= 0.3 is 12.1 Å². The molecule has 5 nitrogen and oxygen atoms in total. The molecule has 0 bridgehead atoms. The van der Waals surface area contributed by atoms with Crippen LogP contribution in [0, 0.1) is 5.92 Å². The van der Waals surface area contributed by atoms with Crippen LogP contribution in [0.5, 0.6) is 0 Å². The molecule has 0 aliphatic rings. The van der Waals surface area contributed by atoms with Crippen molar-refractivity contribution < 1.29 is 23.5 Å². The lowest BCUT2D eigenvalue weighted by molar-refractivity contribution is -0.147. The molecule has 0 fully saturated rings. The first-order valence-electron chi connectivity index (χ1n) is 4.71. The highest BCUT2D eigenvalue weighted by Crippen LogP contribution is 1.94. The van der Waals surface area contributed by atoms with E-state index in [2.05, 4.69) is 10.1 Å².